The van der Waals surface area contributed by atoms with E-state index in [1.54, 1.807) is 4.68 Å². The monoisotopic (exact) mass is 443 g/mol. The fourth-order valence-corrected chi connectivity index (χ4v) is 3.70. The smallest absolute Gasteiger partial charge is 0.328 e. The number of nitrogens with one attached hydrogen (secondary N) is 1. The molecule has 0 aliphatic carbocycles. The summed E-state index contributed by atoms with van der Waals surface area (Å²) in [6.07, 6.45) is 2.75. The topological polar surface area (TPSA) is 99.0 Å². The molecule has 0 aliphatic rings. The number of fused-ring (bicyclic) bond motifs is 1. The molecule has 4 aromatic rings. The van der Waals surface area contributed by atoms with E-state index >= 15 is 0 Å². The lowest BCUT2D eigenvalue weighted by Gasteiger charge is -2.16. The van der Waals surface area contributed by atoms with E-state index in [1.165, 1.54) is 7.11 Å². The molecule has 0 unspecified atom stereocenters. The molecule has 168 valence electrons. The zero-order valence-corrected chi connectivity index (χ0v) is 18.6. The Kier molecular flexibility index (Phi) is 6.73. The fraction of sp³-hybridized carbons (Fsp3) is 0.240. The first-order valence-corrected chi connectivity index (χ1v) is 10.7. The molecule has 0 bridgehead atoms. The summed E-state index contributed by atoms with van der Waals surface area (Å²) in [6.45, 7) is 1.94. The maximum atomic E-state index is 12.6. The average molecular weight is 444 g/mol. The van der Waals surface area contributed by atoms with Crippen molar-refractivity contribution in [3.8, 4) is 5.69 Å². The lowest BCUT2D eigenvalue weighted by molar-refractivity contribution is -0.145. The average Bonchev–Trinajstić information content (AvgIpc) is 3.31. The van der Waals surface area contributed by atoms with Crippen molar-refractivity contribution >= 4 is 22.8 Å². The molecule has 0 saturated heterocycles. The molecule has 0 saturated carbocycles. The van der Waals surface area contributed by atoms with Crippen LogP contribution >= 0.6 is 0 Å². The zero-order valence-electron chi connectivity index (χ0n) is 18.6. The second kappa shape index (κ2) is 10.0. The largest absolute Gasteiger partial charge is 0.467 e. The maximum absolute atomic E-state index is 12.6. The van der Waals surface area contributed by atoms with Crippen molar-refractivity contribution in [2.24, 2.45) is 0 Å². The van der Waals surface area contributed by atoms with Crippen LogP contribution in [-0.2, 0) is 27.2 Å². The molecule has 2 aromatic carbocycles. The summed E-state index contributed by atoms with van der Waals surface area (Å²) >= 11 is 0. The molecule has 4 rings (SSSR count). The summed E-state index contributed by atoms with van der Waals surface area (Å²) in [5, 5.41) is 12.2. The van der Waals surface area contributed by atoms with E-state index in [-0.39, 0.29) is 12.3 Å². The van der Waals surface area contributed by atoms with Crippen LogP contribution in [0.1, 0.15) is 23.4 Å². The van der Waals surface area contributed by atoms with Gasteiger partial charge in [0.1, 0.15) is 6.04 Å². The molecule has 0 spiro atoms. The van der Waals surface area contributed by atoms with Gasteiger partial charge >= 0.3 is 5.97 Å². The van der Waals surface area contributed by atoms with Gasteiger partial charge in [0, 0.05) is 30.3 Å². The van der Waals surface area contributed by atoms with Gasteiger partial charge in [0.25, 0.3) is 0 Å². The molecule has 0 aliphatic heterocycles. The predicted octanol–water partition coefficient (Wildman–Crippen LogP) is 2.96. The minimum Gasteiger partial charge on any atom is -0.467 e. The number of pyridine rings is 1. The summed E-state index contributed by atoms with van der Waals surface area (Å²) in [7, 11) is 1.31. The second-order valence-corrected chi connectivity index (χ2v) is 7.79. The molecule has 1 atom stereocenters. The summed E-state index contributed by atoms with van der Waals surface area (Å²) in [5.41, 5.74) is 4.27. The number of rotatable bonds is 8. The van der Waals surface area contributed by atoms with Gasteiger partial charge in [-0.05, 0) is 24.6 Å². The maximum Gasteiger partial charge on any atom is 0.328 e. The number of aromatic nitrogens is 4. The van der Waals surface area contributed by atoms with Crippen LogP contribution in [-0.4, -0.2) is 45.0 Å². The van der Waals surface area contributed by atoms with Gasteiger partial charge in [-0.2, -0.15) is 0 Å². The van der Waals surface area contributed by atoms with Gasteiger partial charge in [0.05, 0.1) is 30.2 Å². The molecule has 33 heavy (non-hydrogen) atoms. The van der Waals surface area contributed by atoms with Crippen molar-refractivity contribution in [1.82, 2.24) is 25.3 Å². The van der Waals surface area contributed by atoms with Gasteiger partial charge < -0.3 is 10.1 Å². The van der Waals surface area contributed by atoms with Crippen LogP contribution in [0.4, 0.5) is 0 Å². The Morgan fingerprint density at radius 3 is 2.64 bits per heavy atom. The minimum absolute atomic E-state index is 0.178. The highest BCUT2D eigenvalue weighted by atomic mass is 16.5. The summed E-state index contributed by atoms with van der Waals surface area (Å²) in [5.74, 6) is -0.723. The first-order chi connectivity index (χ1) is 16.0. The van der Waals surface area contributed by atoms with Crippen LogP contribution in [0.3, 0.4) is 0 Å². The van der Waals surface area contributed by atoms with Crippen LogP contribution in [0.25, 0.3) is 16.6 Å². The van der Waals surface area contributed by atoms with Crippen LogP contribution in [0.2, 0.25) is 0 Å². The molecule has 1 N–H and O–H groups in total. The minimum atomic E-state index is -0.744. The number of aryl methyl sites for hydroxylation is 2. The van der Waals surface area contributed by atoms with Crippen LogP contribution in [0, 0.1) is 6.92 Å². The number of carbonyl (C=O) groups excluding carboxylic acids is 2. The number of amides is 1. The Morgan fingerprint density at radius 2 is 1.85 bits per heavy atom. The number of carbonyl (C=O) groups is 2. The number of hydrogen-bond acceptors (Lipinski definition) is 6. The van der Waals surface area contributed by atoms with Crippen molar-refractivity contribution in [1.29, 1.82) is 0 Å². The third-order valence-electron chi connectivity index (χ3n) is 5.32. The Morgan fingerprint density at radius 1 is 1.09 bits per heavy atom. The first kappa shape index (κ1) is 22.1. The number of para-hydroxylation sites is 1. The van der Waals surface area contributed by atoms with Crippen LogP contribution < -0.4 is 5.32 Å². The Balaban J connectivity index is 1.42. The highest BCUT2D eigenvalue weighted by Crippen LogP contribution is 2.21. The highest BCUT2D eigenvalue weighted by Gasteiger charge is 2.22. The Hall–Kier alpha value is -4.07. The van der Waals surface area contributed by atoms with Gasteiger partial charge in [-0.15, -0.1) is 5.10 Å². The molecule has 0 radical (unpaired) electrons. The van der Waals surface area contributed by atoms with Crippen LogP contribution in [0.15, 0.2) is 66.9 Å². The molecule has 8 heteroatoms. The fourth-order valence-electron chi connectivity index (χ4n) is 3.70. The number of benzene rings is 2. The molecular weight excluding hydrogens is 418 g/mol. The normalized spacial score (nSPS) is 11.8. The van der Waals surface area contributed by atoms with Crippen molar-refractivity contribution in [2.45, 2.75) is 32.2 Å². The molecule has 2 aromatic heterocycles. The van der Waals surface area contributed by atoms with E-state index in [9.17, 15) is 9.59 Å². The standard InChI is InChI=1S/C25H25N5O3/c1-17-14-23(20-10-6-7-11-21(20)26-17)30-16-19(28-29-30)12-13-24(31)27-22(25(32)33-2)15-18-8-4-3-5-9-18/h3-11,14,16,22H,12-13,15H2,1-2H3,(H,27,31)/t22-/m1/s1. The number of methoxy groups -OCH3 is 1. The predicted molar refractivity (Wildman–Crippen MR) is 124 cm³/mol. The SMILES string of the molecule is COC(=O)[C@@H](Cc1ccccc1)NC(=O)CCc1cn(-c2cc(C)nc3ccccc23)nn1. The van der Waals surface area contributed by atoms with E-state index in [0.29, 0.717) is 18.5 Å². The van der Waals surface area contributed by atoms with Gasteiger partial charge in [-0.25, -0.2) is 9.48 Å². The number of esters is 1. The Bertz CT molecular complexity index is 1270. The van der Waals surface area contributed by atoms with Gasteiger partial charge in [-0.1, -0.05) is 53.7 Å². The summed E-state index contributed by atoms with van der Waals surface area (Å²) in [4.78, 5) is 29.3. The molecular formula is C25H25N5O3. The van der Waals surface area contributed by atoms with Gasteiger partial charge in [0.2, 0.25) is 5.91 Å². The lowest BCUT2D eigenvalue weighted by Crippen LogP contribution is -2.43. The van der Waals surface area contributed by atoms with Gasteiger partial charge in [0.15, 0.2) is 0 Å². The van der Waals surface area contributed by atoms with E-state index in [2.05, 4.69) is 20.6 Å². The second-order valence-electron chi connectivity index (χ2n) is 7.79. The molecule has 1 amide bonds. The number of nitrogens with zero attached hydrogens (tertiary/aromatic N) is 4. The Labute approximate surface area is 191 Å². The van der Waals surface area contributed by atoms with Crippen molar-refractivity contribution in [2.75, 3.05) is 7.11 Å². The molecule has 2 heterocycles. The van der Waals surface area contributed by atoms with Crippen molar-refractivity contribution < 1.29 is 14.3 Å². The highest BCUT2D eigenvalue weighted by molar-refractivity contribution is 5.87. The van der Waals surface area contributed by atoms with Gasteiger partial charge in [-0.3, -0.25) is 9.78 Å². The quantitative estimate of drug-likeness (QED) is 0.421. The molecule has 0 fully saturated rings. The molecule has 8 nitrogen and oxygen atoms in total. The zero-order chi connectivity index (χ0) is 23.2. The van der Waals surface area contributed by atoms with E-state index < -0.39 is 12.0 Å². The first-order valence-electron chi connectivity index (χ1n) is 10.7. The number of ether oxygens (including phenoxy) is 1. The number of hydrogen-bond donors (Lipinski definition) is 1. The lowest BCUT2D eigenvalue weighted by atomic mass is 10.1. The third kappa shape index (κ3) is 5.41. The van der Waals surface area contributed by atoms with E-state index in [1.807, 2.05) is 73.8 Å². The van der Waals surface area contributed by atoms with E-state index in [0.717, 1.165) is 27.8 Å². The van der Waals surface area contributed by atoms with Crippen molar-refractivity contribution in [3.63, 3.8) is 0 Å². The third-order valence-corrected chi connectivity index (χ3v) is 5.32. The van der Waals surface area contributed by atoms with Crippen molar-refractivity contribution in [3.05, 3.63) is 83.8 Å². The van der Waals surface area contributed by atoms with E-state index in [4.69, 9.17) is 4.74 Å². The summed E-state index contributed by atoms with van der Waals surface area (Å²) < 4.78 is 6.57. The summed E-state index contributed by atoms with van der Waals surface area (Å²) in [6, 6.07) is 18.6. The van der Waals surface area contributed by atoms with Crippen LogP contribution in [0.5, 0.6) is 0 Å².